The summed E-state index contributed by atoms with van der Waals surface area (Å²) in [4.78, 5) is 4.44. The van der Waals surface area contributed by atoms with Crippen molar-refractivity contribution in [2.75, 3.05) is 0 Å². The van der Waals surface area contributed by atoms with Crippen molar-refractivity contribution < 1.29 is 0 Å². The highest BCUT2D eigenvalue weighted by Crippen LogP contribution is 2.38. The van der Waals surface area contributed by atoms with Crippen molar-refractivity contribution in [2.45, 2.75) is 45.1 Å². The summed E-state index contributed by atoms with van der Waals surface area (Å²) in [6.45, 7) is 2.31. The molecular weight excluding hydrogens is 244 g/mol. The molecule has 0 radical (unpaired) electrons. The van der Waals surface area contributed by atoms with Crippen LogP contribution in [0, 0.1) is 11.8 Å². The van der Waals surface area contributed by atoms with Crippen LogP contribution in [0.15, 0.2) is 36.5 Å². The molecule has 106 valence electrons. The molecule has 20 heavy (non-hydrogen) atoms. The van der Waals surface area contributed by atoms with Gasteiger partial charge >= 0.3 is 0 Å². The molecule has 1 saturated carbocycles. The Kier molecular flexibility index (Phi) is 4.02. The lowest BCUT2D eigenvalue weighted by molar-refractivity contribution is 0.240. The van der Waals surface area contributed by atoms with E-state index in [0.717, 1.165) is 11.4 Å². The first-order valence-corrected chi connectivity index (χ1v) is 7.88. The monoisotopic (exact) mass is 268 g/mol. The Morgan fingerprint density at radius 2 is 1.95 bits per heavy atom. The Morgan fingerprint density at radius 3 is 2.70 bits per heavy atom. The molecule has 0 spiro atoms. The largest absolute Gasteiger partial charge is 0.324 e. The van der Waals surface area contributed by atoms with Crippen LogP contribution in [-0.2, 0) is 0 Å². The minimum atomic E-state index is 0.153. The minimum absolute atomic E-state index is 0.153. The molecule has 0 bridgehead atoms. The first-order valence-electron chi connectivity index (χ1n) is 7.88. The average Bonchev–Trinajstić information content (AvgIpc) is 2.54. The summed E-state index contributed by atoms with van der Waals surface area (Å²) in [5, 5.41) is 1.22. The van der Waals surface area contributed by atoms with Gasteiger partial charge in [-0.1, -0.05) is 44.4 Å². The molecule has 2 nitrogen and oxygen atoms in total. The van der Waals surface area contributed by atoms with Gasteiger partial charge in [0.1, 0.15) is 0 Å². The molecule has 2 aromatic rings. The number of fused-ring (bicyclic) bond motifs is 1. The highest BCUT2D eigenvalue weighted by Gasteiger charge is 2.26. The first-order chi connectivity index (χ1) is 9.79. The zero-order valence-corrected chi connectivity index (χ0v) is 12.3. The molecule has 1 aliphatic carbocycles. The topological polar surface area (TPSA) is 38.9 Å². The minimum Gasteiger partial charge on any atom is -0.324 e. The fraction of sp³-hybridized carbons (Fsp3) is 0.500. The number of hydrogen-bond acceptors (Lipinski definition) is 2. The van der Waals surface area contributed by atoms with Crippen LogP contribution < -0.4 is 5.73 Å². The normalized spacial score (nSPS) is 24.7. The van der Waals surface area contributed by atoms with Gasteiger partial charge in [0.2, 0.25) is 0 Å². The van der Waals surface area contributed by atoms with E-state index in [4.69, 9.17) is 5.73 Å². The van der Waals surface area contributed by atoms with Gasteiger partial charge in [0.15, 0.2) is 0 Å². The molecule has 0 aliphatic heterocycles. The molecule has 2 N–H and O–H groups in total. The van der Waals surface area contributed by atoms with E-state index in [1.54, 1.807) is 0 Å². The molecular formula is C18H24N2. The van der Waals surface area contributed by atoms with Crippen LogP contribution in [0.1, 0.15) is 50.6 Å². The number of nitrogens with two attached hydrogens (primary N) is 1. The van der Waals surface area contributed by atoms with E-state index in [0.29, 0.717) is 5.92 Å². The van der Waals surface area contributed by atoms with E-state index < -0.39 is 0 Å². The third-order valence-corrected chi connectivity index (χ3v) is 5.02. The summed E-state index contributed by atoms with van der Waals surface area (Å²) in [6.07, 6.45) is 8.41. The van der Waals surface area contributed by atoms with E-state index in [1.165, 1.54) is 43.1 Å². The van der Waals surface area contributed by atoms with Crippen LogP contribution in [0.3, 0.4) is 0 Å². The van der Waals surface area contributed by atoms with Crippen molar-refractivity contribution in [1.29, 1.82) is 0 Å². The number of aromatic nitrogens is 1. The zero-order chi connectivity index (χ0) is 13.9. The van der Waals surface area contributed by atoms with Crippen molar-refractivity contribution >= 4 is 10.9 Å². The maximum absolute atomic E-state index is 6.59. The van der Waals surface area contributed by atoms with E-state index >= 15 is 0 Å². The Bertz CT molecular complexity index is 565. The summed E-state index contributed by atoms with van der Waals surface area (Å²) in [6, 6.07) is 10.6. The molecule has 3 rings (SSSR count). The molecule has 2 heteroatoms. The van der Waals surface area contributed by atoms with Crippen molar-refractivity contribution in [2.24, 2.45) is 17.6 Å². The van der Waals surface area contributed by atoms with Gasteiger partial charge in [-0.2, -0.15) is 0 Å². The van der Waals surface area contributed by atoms with Crippen LogP contribution in [-0.4, -0.2) is 4.98 Å². The molecule has 1 unspecified atom stereocenters. The van der Waals surface area contributed by atoms with E-state index in [9.17, 15) is 0 Å². The van der Waals surface area contributed by atoms with Crippen molar-refractivity contribution in [3.05, 3.63) is 42.1 Å². The molecule has 0 saturated heterocycles. The molecule has 1 aromatic heterocycles. The summed E-state index contributed by atoms with van der Waals surface area (Å²) >= 11 is 0. The van der Waals surface area contributed by atoms with Crippen LogP contribution in [0.25, 0.3) is 10.9 Å². The number of hydrogen-bond donors (Lipinski definition) is 1. The number of rotatable bonds is 3. The predicted molar refractivity (Wildman–Crippen MR) is 84.4 cm³/mol. The van der Waals surface area contributed by atoms with Gasteiger partial charge in [0, 0.05) is 17.6 Å². The van der Waals surface area contributed by atoms with Gasteiger partial charge < -0.3 is 5.73 Å². The third-order valence-electron chi connectivity index (χ3n) is 5.02. The van der Waals surface area contributed by atoms with E-state index in [1.807, 2.05) is 12.3 Å². The van der Waals surface area contributed by atoms with Crippen LogP contribution in [0.2, 0.25) is 0 Å². The Hall–Kier alpha value is -1.41. The van der Waals surface area contributed by atoms with Gasteiger partial charge in [-0.05, 0) is 42.4 Å². The second-order valence-corrected chi connectivity index (χ2v) is 6.13. The summed E-state index contributed by atoms with van der Waals surface area (Å²) in [5.41, 5.74) is 8.93. The summed E-state index contributed by atoms with van der Waals surface area (Å²) < 4.78 is 0. The molecule has 0 amide bonds. The Balaban J connectivity index is 1.84. The van der Waals surface area contributed by atoms with Gasteiger partial charge in [0.25, 0.3) is 0 Å². The zero-order valence-electron chi connectivity index (χ0n) is 12.3. The maximum Gasteiger partial charge on any atom is 0.0705 e. The Labute approximate surface area is 121 Å². The van der Waals surface area contributed by atoms with E-state index in [2.05, 4.69) is 36.2 Å². The Morgan fingerprint density at radius 1 is 1.15 bits per heavy atom. The lowest BCUT2D eigenvalue weighted by Crippen LogP contribution is -2.26. The first kappa shape index (κ1) is 13.6. The standard InChI is InChI=1S/C18H24N2/c1-2-13-8-10-14(11-9-13)18(19)16-5-3-7-17-15(16)6-4-12-20-17/h3-7,12-14,18H,2,8-11,19H2,1H3. The molecule has 1 heterocycles. The molecule has 1 aliphatic rings. The van der Waals surface area contributed by atoms with Crippen molar-refractivity contribution in [1.82, 2.24) is 4.98 Å². The number of benzene rings is 1. The van der Waals surface area contributed by atoms with Gasteiger partial charge in [-0.25, -0.2) is 0 Å². The van der Waals surface area contributed by atoms with Crippen LogP contribution >= 0.6 is 0 Å². The molecule has 1 aromatic carbocycles. The third kappa shape index (κ3) is 2.57. The second kappa shape index (κ2) is 5.92. The van der Waals surface area contributed by atoms with Gasteiger partial charge in [-0.3, -0.25) is 4.98 Å². The van der Waals surface area contributed by atoms with E-state index in [-0.39, 0.29) is 6.04 Å². The molecule has 1 fully saturated rings. The average molecular weight is 268 g/mol. The predicted octanol–water partition coefficient (Wildman–Crippen LogP) is 4.45. The molecule has 1 atom stereocenters. The fourth-order valence-electron chi connectivity index (χ4n) is 3.63. The van der Waals surface area contributed by atoms with Crippen molar-refractivity contribution in [3.63, 3.8) is 0 Å². The number of nitrogens with zero attached hydrogens (tertiary/aromatic N) is 1. The quantitative estimate of drug-likeness (QED) is 0.893. The van der Waals surface area contributed by atoms with Gasteiger partial charge in [-0.15, -0.1) is 0 Å². The summed E-state index contributed by atoms with van der Waals surface area (Å²) in [5.74, 6) is 1.55. The lowest BCUT2D eigenvalue weighted by atomic mass is 9.76. The van der Waals surface area contributed by atoms with Crippen LogP contribution in [0.5, 0.6) is 0 Å². The highest BCUT2D eigenvalue weighted by atomic mass is 14.7. The summed E-state index contributed by atoms with van der Waals surface area (Å²) in [7, 11) is 0. The SMILES string of the molecule is CCC1CCC(C(N)c2cccc3ncccc23)CC1. The second-order valence-electron chi connectivity index (χ2n) is 6.13. The number of pyridine rings is 1. The fourth-order valence-corrected chi connectivity index (χ4v) is 3.63. The smallest absolute Gasteiger partial charge is 0.0705 e. The highest BCUT2D eigenvalue weighted by molar-refractivity contribution is 5.82. The maximum atomic E-state index is 6.59. The lowest BCUT2D eigenvalue weighted by Gasteiger charge is -2.32. The van der Waals surface area contributed by atoms with Gasteiger partial charge in [0.05, 0.1) is 5.52 Å². The van der Waals surface area contributed by atoms with Crippen molar-refractivity contribution in [3.8, 4) is 0 Å². The van der Waals surface area contributed by atoms with Crippen LogP contribution in [0.4, 0.5) is 0 Å².